The molecule has 6 heteroatoms. The summed E-state index contributed by atoms with van der Waals surface area (Å²) >= 11 is 3.37. The van der Waals surface area contributed by atoms with Crippen LogP contribution in [0.25, 0.3) is 0 Å². The first-order valence-electron chi connectivity index (χ1n) is 6.64. The van der Waals surface area contributed by atoms with Crippen LogP contribution < -0.4 is 10.9 Å². The van der Waals surface area contributed by atoms with Crippen LogP contribution in [0.15, 0.2) is 15.5 Å². The van der Waals surface area contributed by atoms with Gasteiger partial charge in [0.15, 0.2) is 0 Å². The van der Waals surface area contributed by atoms with Crippen molar-refractivity contribution in [1.29, 1.82) is 0 Å². The first-order chi connectivity index (χ1) is 9.13. The van der Waals surface area contributed by atoms with E-state index in [-0.39, 0.29) is 5.56 Å². The highest BCUT2D eigenvalue weighted by molar-refractivity contribution is 9.10. The van der Waals surface area contributed by atoms with Crippen LogP contribution in [0.5, 0.6) is 0 Å². The quantitative estimate of drug-likeness (QED) is 0.900. The second-order valence-corrected chi connectivity index (χ2v) is 5.85. The monoisotopic (exact) mass is 329 g/mol. The third-order valence-corrected chi connectivity index (χ3v) is 4.46. The van der Waals surface area contributed by atoms with Crippen molar-refractivity contribution in [3.8, 4) is 0 Å². The summed E-state index contributed by atoms with van der Waals surface area (Å²) in [5, 5.41) is 7.60. The lowest BCUT2D eigenvalue weighted by Crippen LogP contribution is -2.28. The molecule has 1 fully saturated rings. The van der Waals surface area contributed by atoms with Gasteiger partial charge in [0.2, 0.25) is 0 Å². The average Bonchev–Trinajstić information content (AvgIpc) is 2.80. The molecule has 5 nitrogen and oxygen atoms in total. The molecule has 1 aromatic rings. The van der Waals surface area contributed by atoms with E-state index in [4.69, 9.17) is 4.74 Å². The van der Waals surface area contributed by atoms with E-state index < -0.39 is 0 Å². The van der Waals surface area contributed by atoms with Gasteiger partial charge in [-0.2, -0.15) is 5.10 Å². The van der Waals surface area contributed by atoms with E-state index in [1.165, 1.54) is 17.5 Å². The molecular weight excluding hydrogens is 310 g/mol. The topological polar surface area (TPSA) is 56.1 Å². The lowest BCUT2D eigenvalue weighted by atomic mass is 10.1. The summed E-state index contributed by atoms with van der Waals surface area (Å²) in [5.41, 5.74) is 0.671. The molecule has 0 saturated heterocycles. The fraction of sp³-hybridized carbons (Fsp3) is 0.692. The number of anilines is 1. The molecule has 19 heavy (non-hydrogen) atoms. The zero-order valence-corrected chi connectivity index (χ0v) is 12.9. The van der Waals surface area contributed by atoms with Gasteiger partial charge in [-0.1, -0.05) is 13.3 Å². The molecule has 0 radical (unpaired) electrons. The third-order valence-electron chi connectivity index (χ3n) is 3.69. The first-order valence-corrected chi connectivity index (χ1v) is 7.44. The van der Waals surface area contributed by atoms with Gasteiger partial charge in [0.25, 0.3) is 5.56 Å². The standard InChI is InChI=1S/C13H20BrN3O2/c1-9-4-3-5-10(9)16-11-8-15-17(6-7-19-2)13(18)12(11)14/h8-10,16H,3-7H2,1-2H3. The van der Waals surface area contributed by atoms with Crippen molar-refractivity contribution in [1.82, 2.24) is 9.78 Å². The van der Waals surface area contributed by atoms with E-state index in [0.29, 0.717) is 29.6 Å². The summed E-state index contributed by atoms with van der Waals surface area (Å²) in [6, 6.07) is 0.437. The summed E-state index contributed by atoms with van der Waals surface area (Å²) in [5.74, 6) is 0.642. The Balaban J connectivity index is 2.14. The van der Waals surface area contributed by atoms with Crippen LogP contribution in [0, 0.1) is 5.92 Å². The normalized spacial score (nSPS) is 22.7. The summed E-state index contributed by atoms with van der Waals surface area (Å²) in [4.78, 5) is 12.1. The smallest absolute Gasteiger partial charge is 0.283 e. The Labute approximate surface area is 121 Å². The van der Waals surface area contributed by atoms with Crippen LogP contribution in [-0.4, -0.2) is 29.5 Å². The molecule has 0 amide bonds. The predicted octanol–water partition coefficient (Wildman–Crippen LogP) is 2.25. The summed E-state index contributed by atoms with van der Waals surface area (Å²) < 4.78 is 6.93. The van der Waals surface area contributed by atoms with Crippen molar-refractivity contribution in [2.75, 3.05) is 19.0 Å². The van der Waals surface area contributed by atoms with Crippen LogP contribution in [0.2, 0.25) is 0 Å². The van der Waals surface area contributed by atoms with Gasteiger partial charge in [0.1, 0.15) is 4.47 Å². The zero-order chi connectivity index (χ0) is 13.8. The number of nitrogens with zero attached hydrogens (tertiary/aromatic N) is 2. The van der Waals surface area contributed by atoms with Gasteiger partial charge in [-0.05, 0) is 34.7 Å². The molecule has 0 spiro atoms. The molecule has 0 bridgehead atoms. The number of nitrogens with one attached hydrogen (secondary N) is 1. The summed E-state index contributed by atoms with van der Waals surface area (Å²) in [7, 11) is 1.61. The molecule has 1 aliphatic rings. The van der Waals surface area contributed by atoms with Crippen molar-refractivity contribution in [2.45, 2.75) is 38.8 Å². The zero-order valence-electron chi connectivity index (χ0n) is 11.4. The molecule has 2 unspecified atom stereocenters. The Hall–Kier alpha value is -0.880. The largest absolute Gasteiger partial charge is 0.383 e. The van der Waals surface area contributed by atoms with Gasteiger partial charge < -0.3 is 10.1 Å². The Morgan fingerprint density at radius 1 is 1.58 bits per heavy atom. The molecular formula is C13H20BrN3O2. The summed E-state index contributed by atoms with van der Waals surface area (Å²) in [6.07, 6.45) is 5.36. The molecule has 0 aromatic carbocycles. The average molecular weight is 330 g/mol. The molecule has 106 valence electrons. The van der Waals surface area contributed by atoms with E-state index in [1.807, 2.05) is 0 Å². The van der Waals surface area contributed by atoms with Crippen LogP contribution in [-0.2, 0) is 11.3 Å². The minimum Gasteiger partial charge on any atom is -0.383 e. The Morgan fingerprint density at radius 2 is 2.37 bits per heavy atom. The van der Waals surface area contributed by atoms with Gasteiger partial charge in [0.05, 0.1) is 25.0 Å². The minimum atomic E-state index is -0.118. The lowest BCUT2D eigenvalue weighted by Gasteiger charge is -2.19. The van der Waals surface area contributed by atoms with Gasteiger partial charge in [-0.15, -0.1) is 0 Å². The second-order valence-electron chi connectivity index (χ2n) is 5.05. The van der Waals surface area contributed by atoms with Gasteiger partial charge in [-0.25, -0.2) is 4.68 Å². The first kappa shape index (κ1) is 14.5. The molecule has 1 aromatic heterocycles. The maximum atomic E-state index is 12.1. The third kappa shape index (κ3) is 3.36. The Bertz CT molecular complexity index is 489. The number of aromatic nitrogens is 2. The summed E-state index contributed by atoms with van der Waals surface area (Å²) in [6.45, 7) is 3.19. The highest BCUT2D eigenvalue weighted by atomic mass is 79.9. The van der Waals surface area contributed by atoms with Crippen LogP contribution in [0.1, 0.15) is 26.2 Å². The predicted molar refractivity (Wildman–Crippen MR) is 78.5 cm³/mol. The minimum absolute atomic E-state index is 0.118. The van der Waals surface area contributed by atoms with E-state index in [9.17, 15) is 4.79 Å². The van der Waals surface area contributed by atoms with Crippen molar-refractivity contribution < 1.29 is 4.74 Å². The van der Waals surface area contributed by atoms with Crippen LogP contribution in [0.3, 0.4) is 0 Å². The number of halogens is 1. The SMILES string of the molecule is COCCn1ncc(NC2CCCC2C)c(Br)c1=O. The van der Waals surface area contributed by atoms with E-state index >= 15 is 0 Å². The molecule has 1 saturated carbocycles. The van der Waals surface area contributed by atoms with Gasteiger partial charge in [-0.3, -0.25) is 4.79 Å². The number of rotatable bonds is 5. The van der Waals surface area contributed by atoms with E-state index in [2.05, 4.69) is 33.3 Å². The van der Waals surface area contributed by atoms with Gasteiger partial charge >= 0.3 is 0 Å². The van der Waals surface area contributed by atoms with Gasteiger partial charge in [0, 0.05) is 13.2 Å². The highest BCUT2D eigenvalue weighted by Crippen LogP contribution is 2.29. The number of hydrogen-bond donors (Lipinski definition) is 1. The molecule has 0 aliphatic heterocycles. The Kier molecular flexibility index (Phi) is 4.99. The van der Waals surface area contributed by atoms with Crippen molar-refractivity contribution in [2.24, 2.45) is 5.92 Å². The van der Waals surface area contributed by atoms with Crippen LogP contribution in [0.4, 0.5) is 5.69 Å². The van der Waals surface area contributed by atoms with Crippen molar-refractivity contribution in [3.05, 3.63) is 21.0 Å². The van der Waals surface area contributed by atoms with E-state index in [0.717, 1.165) is 12.1 Å². The Morgan fingerprint density at radius 3 is 3.00 bits per heavy atom. The van der Waals surface area contributed by atoms with Crippen molar-refractivity contribution in [3.63, 3.8) is 0 Å². The molecule has 1 aliphatic carbocycles. The van der Waals surface area contributed by atoms with E-state index in [1.54, 1.807) is 13.3 Å². The fourth-order valence-electron chi connectivity index (χ4n) is 2.46. The molecule has 1 heterocycles. The number of ether oxygens (including phenoxy) is 1. The van der Waals surface area contributed by atoms with Crippen molar-refractivity contribution >= 4 is 21.6 Å². The molecule has 1 N–H and O–H groups in total. The second kappa shape index (κ2) is 6.52. The maximum Gasteiger partial charge on any atom is 0.283 e. The number of hydrogen-bond acceptors (Lipinski definition) is 4. The maximum absolute atomic E-state index is 12.1. The number of methoxy groups -OCH3 is 1. The fourth-order valence-corrected chi connectivity index (χ4v) is 2.88. The lowest BCUT2D eigenvalue weighted by molar-refractivity contribution is 0.181. The molecule has 2 rings (SSSR count). The van der Waals surface area contributed by atoms with Crippen LogP contribution >= 0.6 is 15.9 Å². The highest BCUT2D eigenvalue weighted by Gasteiger charge is 2.24. The molecule has 2 atom stereocenters.